The third-order valence-electron chi connectivity index (χ3n) is 4.77. The number of nitrogens with zero attached hydrogens (tertiary/aromatic N) is 3. The molecule has 0 atom stereocenters. The van der Waals surface area contributed by atoms with Gasteiger partial charge in [-0.3, -0.25) is 9.52 Å². The van der Waals surface area contributed by atoms with Crippen LogP contribution in [0.5, 0.6) is 0 Å². The first-order chi connectivity index (χ1) is 14.8. The number of furan rings is 1. The summed E-state index contributed by atoms with van der Waals surface area (Å²) in [5.41, 5.74) is -0.223. The quantitative estimate of drug-likeness (QED) is 0.645. The van der Waals surface area contributed by atoms with Crippen LogP contribution in [0.3, 0.4) is 0 Å². The number of nitrogens with one attached hydrogen (secondary N) is 1. The third kappa shape index (κ3) is 4.66. The van der Waals surface area contributed by atoms with Crippen molar-refractivity contribution in [1.82, 2.24) is 9.88 Å². The molecule has 8 nitrogen and oxygen atoms in total. The van der Waals surface area contributed by atoms with E-state index in [1.165, 1.54) is 18.5 Å². The first-order valence-corrected chi connectivity index (χ1v) is 10.8. The Bertz CT molecular complexity index is 1160. The number of sulfonamides is 1. The highest BCUT2D eigenvalue weighted by molar-refractivity contribution is 7.92. The molecular formula is C20H18F2N4O4S. The molecule has 0 spiro atoms. The largest absolute Gasteiger partial charge is 0.459 e. The van der Waals surface area contributed by atoms with E-state index in [4.69, 9.17) is 4.42 Å². The standard InChI is InChI=1S/C20H18F2N4O4S/c21-14-10-15(22)12-16(11-14)24-31(28,29)17-3-4-19(23-13-17)25-5-7-26(8-6-25)20(27)18-2-1-9-30-18/h1-4,9-13,24H,5-8H2. The number of aromatic nitrogens is 1. The van der Waals surface area contributed by atoms with Gasteiger partial charge < -0.3 is 14.2 Å². The van der Waals surface area contributed by atoms with Gasteiger partial charge in [0.2, 0.25) is 0 Å². The van der Waals surface area contributed by atoms with Crippen LogP contribution in [0.2, 0.25) is 0 Å². The Morgan fingerprint density at radius 3 is 2.32 bits per heavy atom. The molecule has 0 saturated carbocycles. The van der Waals surface area contributed by atoms with E-state index in [9.17, 15) is 22.0 Å². The summed E-state index contributed by atoms with van der Waals surface area (Å²) >= 11 is 0. The molecule has 1 aliphatic heterocycles. The number of carbonyl (C=O) groups excluding carboxylic acids is 1. The van der Waals surface area contributed by atoms with Gasteiger partial charge in [0, 0.05) is 38.4 Å². The van der Waals surface area contributed by atoms with E-state index in [1.807, 2.05) is 4.90 Å². The molecular weight excluding hydrogens is 430 g/mol. The summed E-state index contributed by atoms with van der Waals surface area (Å²) in [7, 11) is -4.07. The Hall–Kier alpha value is -3.47. The first kappa shape index (κ1) is 20.8. The van der Waals surface area contributed by atoms with Crippen molar-refractivity contribution >= 4 is 27.4 Å². The molecule has 3 aromatic rings. The van der Waals surface area contributed by atoms with Gasteiger partial charge in [0.1, 0.15) is 22.3 Å². The van der Waals surface area contributed by atoms with E-state index in [1.54, 1.807) is 23.1 Å². The predicted octanol–water partition coefficient (Wildman–Crippen LogP) is 2.72. The smallest absolute Gasteiger partial charge is 0.289 e. The summed E-state index contributed by atoms with van der Waals surface area (Å²) in [6, 6.07) is 8.59. The normalized spacial score (nSPS) is 14.5. The monoisotopic (exact) mass is 448 g/mol. The van der Waals surface area contributed by atoms with E-state index >= 15 is 0 Å². The summed E-state index contributed by atoms with van der Waals surface area (Å²) < 4.78 is 58.8. The lowest BCUT2D eigenvalue weighted by Crippen LogP contribution is -2.49. The van der Waals surface area contributed by atoms with Crippen LogP contribution < -0.4 is 9.62 Å². The highest BCUT2D eigenvalue weighted by Crippen LogP contribution is 2.21. The van der Waals surface area contributed by atoms with Gasteiger partial charge in [0.25, 0.3) is 15.9 Å². The van der Waals surface area contributed by atoms with Crippen LogP contribution in [0.25, 0.3) is 0 Å². The highest BCUT2D eigenvalue weighted by atomic mass is 32.2. The number of piperazine rings is 1. The molecule has 0 bridgehead atoms. The number of rotatable bonds is 5. The zero-order valence-corrected chi connectivity index (χ0v) is 17.0. The first-order valence-electron chi connectivity index (χ1n) is 9.34. The lowest BCUT2D eigenvalue weighted by atomic mass is 10.2. The molecule has 1 amide bonds. The Morgan fingerprint density at radius 1 is 1.03 bits per heavy atom. The van der Waals surface area contributed by atoms with E-state index in [0.717, 1.165) is 12.1 Å². The van der Waals surface area contributed by atoms with Gasteiger partial charge in [-0.2, -0.15) is 0 Å². The maximum Gasteiger partial charge on any atom is 0.289 e. The molecule has 1 fully saturated rings. The zero-order valence-electron chi connectivity index (χ0n) is 16.2. The zero-order chi connectivity index (χ0) is 22.0. The van der Waals surface area contributed by atoms with Gasteiger partial charge in [-0.25, -0.2) is 22.2 Å². The molecule has 3 heterocycles. The second kappa shape index (κ2) is 8.34. The molecule has 1 aliphatic rings. The number of anilines is 2. The number of amides is 1. The van der Waals surface area contributed by atoms with Crippen molar-refractivity contribution in [2.75, 3.05) is 35.8 Å². The number of benzene rings is 1. The van der Waals surface area contributed by atoms with E-state index in [2.05, 4.69) is 9.71 Å². The van der Waals surface area contributed by atoms with Crippen LogP contribution >= 0.6 is 0 Å². The molecule has 1 N–H and O–H groups in total. The van der Waals surface area contributed by atoms with Gasteiger partial charge in [0.15, 0.2) is 5.76 Å². The molecule has 1 aromatic carbocycles. The molecule has 0 radical (unpaired) electrons. The van der Waals surface area contributed by atoms with Crippen molar-refractivity contribution in [3.8, 4) is 0 Å². The Balaban J connectivity index is 1.40. The third-order valence-corrected chi connectivity index (χ3v) is 6.14. The summed E-state index contributed by atoms with van der Waals surface area (Å²) in [6.45, 7) is 1.97. The van der Waals surface area contributed by atoms with Crippen molar-refractivity contribution in [3.05, 3.63) is 72.3 Å². The van der Waals surface area contributed by atoms with Crippen LogP contribution in [0.4, 0.5) is 20.3 Å². The minimum absolute atomic E-state index is 0.146. The van der Waals surface area contributed by atoms with Crippen LogP contribution in [0.15, 0.2) is 64.2 Å². The Labute approximate surface area is 177 Å². The molecule has 162 valence electrons. The number of hydrogen-bond acceptors (Lipinski definition) is 6. The Kier molecular flexibility index (Phi) is 5.59. The number of hydrogen-bond donors (Lipinski definition) is 1. The van der Waals surface area contributed by atoms with Crippen molar-refractivity contribution < 1.29 is 26.4 Å². The second-order valence-corrected chi connectivity index (χ2v) is 8.55. The predicted molar refractivity (Wildman–Crippen MR) is 108 cm³/mol. The molecule has 0 unspecified atom stereocenters. The molecule has 0 aliphatic carbocycles. The van der Waals surface area contributed by atoms with Crippen LogP contribution in [0.1, 0.15) is 10.6 Å². The fourth-order valence-electron chi connectivity index (χ4n) is 3.24. The van der Waals surface area contributed by atoms with Gasteiger partial charge in [-0.1, -0.05) is 0 Å². The molecule has 4 rings (SSSR count). The molecule has 11 heteroatoms. The molecule has 1 saturated heterocycles. The van der Waals surface area contributed by atoms with E-state index < -0.39 is 21.7 Å². The fourth-order valence-corrected chi connectivity index (χ4v) is 4.22. The highest BCUT2D eigenvalue weighted by Gasteiger charge is 2.25. The van der Waals surface area contributed by atoms with Crippen molar-refractivity contribution in [2.24, 2.45) is 0 Å². The maximum absolute atomic E-state index is 13.3. The summed E-state index contributed by atoms with van der Waals surface area (Å²) in [5, 5.41) is 0. The SMILES string of the molecule is O=C(c1ccco1)N1CCN(c2ccc(S(=O)(=O)Nc3cc(F)cc(F)c3)cn2)CC1. The topological polar surface area (TPSA) is 95.8 Å². The fraction of sp³-hybridized carbons (Fsp3) is 0.200. The van der Waals surface area contributed by atoms with E-state index in [-0.39, 0.29) is 22.3 Å². The summed E-state index contributed by atoms with van der Waals surface area (Å²) in [4.78, 5) is 20.0. The van der Waals surface area contributed by atoms with Gasteiger partial charge in [-0.15, -0.1) is 0 Å². The number of carbonyl (C=O) groups is 1. The average Bonchev–Trinajstić information content (AvgIpc) is 3.27. The lowest BCUT2D eigenvalue weighted by Gasteiger charge is -2.35. The summed E-state index contributed by atoms with van der Waals surface area (Å²) in [5.74, 6) is -1.13. The Morgan fingerprint density at radius 2 is 1.74 bits per heavy atom. The van der Waals surface area contributed by atoms with Crippen molar-refractivity contribution in [3.63, 3.8) is 0 Å². The average molecular weight is 448 g/mol. The van der Waals surface area contributed by atoms with Crippen molar-refractivity contribution in [2.45, 2.75) is 4.90 Å². The van der Waals surface area contributed by atoms with Crippen LogP contribution in [0, 0.1) is 11.6 Å². The number of pyridine rings is 1. The van der Waals surface area contributed by atoms with Gasteiger partial charge in [0.05, 0.1) is 12.0 Å². The van der Waals surface area contributed by atoms with E-state index in [0.29, 0.717) is 38.1 Å². The lowest BCUT2D eigenvalue weighted by molar-refractivity contribution is 0.0714. The van der Waals surface area contributed by atoms with Crippen molar-refractivity contribution in [1.29, 1.82) is 0 Å². The molecule has 2 aromatic heterocycles. The maximum atomic E-state index is 13.3. The second-order valence-electron chi connectivity index (χ2n) is 6.87. The van der Waals surface area contributed by atoms with Gasteiger partial charge in [-0.05, 0) is 36.4 Å². The minimum atomic E-state index is -4.07. The molecule has 31 heavy (non-hydrogen) atoms. The van der Waals surface area contributed by atoms with Gasteiger partial charge >= 0.3 is 0 Å². The van der Waals surface area contributed by atoms with Crippen LogP contribution in [-0.2, 0) is 10.0 Å². The number of halogens is 2. The van der Waals surface area contributed by atoms with Crippen LogP contribution in [-0.4, -0.2) is 50.4 Å². The summed E-state index contributed by atoms with van der Waals surface area (Å²) in [6.07, 6.45) is 2.62. The minimum Gasteiger partial charge on any atom is -0.459 e.